The second-order valence-electron chi connectivity index (χ2n) is 18.1. The molecule has 0 amide bonds. The molecule has 0 aliphatic carbocycles. The molecule has 0 bridgehead atoms. The van der Waals surface area contributed by atoms with E-state index in [9.17, 15) is 14.4 Å². The van der Waals surface area contributed by atoms with Crippen molar-refractivity contribution < 1.29 is 28.6 Å². The number of allylic oxidation sites excluding steroid dienone is 14. The minimum absolute atomic E-state index is 0.0846. The molecule has 6 nitrogen and oxygen atoms in total. The second-order valence-corrected chi connectivity index (χ2v) is 18.1. The highest BCUT2D eigenvalue weighted by atomic mass is 16.6. The Bertz CT molecular complexity index is 1290. The maximum absolute atomic E-state index is 12.8. The molecule has 0 rings (SSSR count). The van der Waals surface area contributed by atoms with Gasteiger partial charge in [-0.05, 0) is 77.0 Å². The lowest BCUT2D eigenvalue weighted by atomic mass is 10.0. The molecular weight excluding hydrogens is 817 g/mol. The number of ether oxygens (including phenoxy) is 3. The summed E-state index contributed by atoms with van der Waals surface area (Å²) >= 11 is 0. The van der Waals surface area contributed by atoms with E-state index < -0.39 is 6.10 Å². The lowest BCUT2D eigenvalue weighted by Gasteiger charge is -2.18. The first kappa shape index (κ1) is 62.6. The zero-order chi connectivity index (χ0) is 47.9. The molecule has 1 unspecified atom stereocenters. The fourth-order valence-corrected chi connectivity index (χ4v) is 7.61. The number of rotatable bonds is 49. The second kappa shape index (κ2) is 54.2. The van der Waals surface area contributed by atoms with Gasteiger partial charge in [-0.3, -0.25) is 14.4 Å². The van der Waals surface area contributed by atoms with Crippen molar-refractivity contribution in [3.05, 3.63) is 85.1 Å². The number of hydrogen-bond donors (Lipinski definition) is 0. The van der Waals surface area contributed by atoms with Gasteiger partial charge in [0.05, 0.1) is 0 Å². The van der Waals surface area contributed by atoms with E-state index in [-0.39, 0.29) is 31.1 Å². The Morgan fingerprint density at radius 3 is 1.09 bits per heavy atom. The highest BCUT2D eigenvalue weighted by Gasteiger charge is 2.19. The SMILES string of the molecule is CC\C=C/C=C\C=C/CCCCCCCCCC(=O)OC(COC(=O)CCCCCCCC/C=C\C/C=C\C/C=C\C/C=C\CC)COC(=O)CCCCCCCCCCCCCCCC. The van der Waals surface area contributed by atoms with Gasteiger partial charge in [0.2, 0.25) is 0 Å². The zero-order valence-corrected chi connectivity index (χ0v) is 43.2. The van der Waals surface area contributed by atoms with Crippen molar-refractivity contribution in [3.8, 4) is 0 Å². The molecule has 6 heteroatoms. The largest absolute Gasteiger partial charge is 0.462 e. The van der Waals surface area contributed by atoms with E-state index in [1.165, 1.54) is 116 Å². The van der Waals surface area contributed by atoms with Gasteiger partial charge in [0.15, 0.2) is 6.10 Å². The van der Waals surface area contributed by atoms with Crippen molar-refractivity contribution >= 4 is 17.9 Å². The molecule has 0 radical (unpaired) electrons. The van der Waals surface area contributed by atoms with E-state index in [4.69, 9.17) is 14.2 Å². The van der Waals surface area contributed by atoms with Crippen LogP contribution < -0.4 is 0 Å². The molecule has 0 N–H and O–H groups in total. The Morgan fingerprint density at radius 2 is 0.667 bits per heavy atom. The quantitative estimate of drug-likeness (QED) is 0.0199. The lowest BCUT2D eigenvalue weighted by molar-refractivity contribution is -0.167. The molecule has 66 heavy (non-hydrogen) atoms. The minimum Gasteiger partial charge on any atom is -0.462 e. The van der Waals surface area contributed by atoms with Gasteiger partial charge in [0.1, 0.15) is 13.2 Å². The van der Waals surface area contributed by atoms with Gasteiger partial charge in [-0.1, -0.05) is 247 Å². The fourth-order valence-electron chi connectivity index (χ4n) is 7.61. The number of carbonyl (C=O) groups excluding carboxylic acids is 3. The van der Waals surface area contributed by atoms with Crippen LogP contribution in [0.1, 0.15) is 258 Å². The van der Waals surface area contributed by atoms with Crippen molar-refractivity contribution in [1.29, 1.82) is 0 Å². The van der Waals surface area contributed by atoms with Crippen LogP contribution in [-0.2, 0) is 28.6 Å². The molecule has 1 atom stereocenters. The molecule has 0 aliphatic heterocycles. The monoisotopic (exact) mass is 919 g/mol. The summed E-state index contributed by atoms with van der Waals surface area (Å²) in [6.07, 6.45) is 69.9. The van der Waals surface area contributed by atoms with Crippen LogP contribution in [0.4, 0.5) is 0 Å². The number of carbonyl (C=O) groups is 3. The van der Waals surface area contributed by atoms with Gasteiger partial charge < -0.3 is 14.2 Å². The van der Waals surface area contributed by atoms with E-state index in [1.807, 2.05) is 0 Å². The molecular formula is C60H102O6. The molecule has 0 saturated carbocycles. The first-order valence-corrected chi connectivity index (χ1v) is 27.6. The molecule has 0 spiro atoms. The molecule has 0 fully saturated rings. The molecule has 0 aromatic rings. The van der Waals surface area contributed by atoms with Crippen LogP contribution in [-0.4, -0.2) is 37.2 Å². The summed E-state index contributed by atoms with van der Waals surface area (Å²) in [4.78, 5) is 38.1. The van der Waals surface area contributed by atoms with E-state index in [1.54, 1.807) is 0 Å². The molecule has 0 aromatic carbocycles. The van der Waals surface area contributed by atoms with E-state index in [0.29, 0.717) is 19.3 Å². The smallest absolute Gasteiger partial charge is 0.306 e. The first-order chi connectivity index (χ1) is 32.5. The van der Waals surface area contributed by atoms with Gasteiger partial charge in [-0.15, -0.1) is 0 Å². The van der Waals surface area contributed by atoms with Gasteiger partial charge in [-0.25, -0.2) is 0 Å². The molecule has 0 saturated heterocycles. The minimum atomic E-state index is -0.788. The maximum atomic E-state index is 12.8. The van der Waals surface area contributed by atoms with E-state index in [0.717, 1.165) is 103 Å². The Kier molecular flexibility index (Phi) is 51.4. The van der Waals surface area contributed by atoms with Crippen LogP contribution in [0.25, 0.3) is 0 Å². The molecule has 0 aromatic heterocycles. The maximum Gasteiger partial charge on any atom is 0.306 e. The Hall–Kier alpha value is -3.41. The zero-order valence-electron chi connectivity index (χ0n) is 43.2. The van der Waals surface area contributed by atoms with Crippen molar-refractivity contribution in [2.24, 2.45) is 0 Å². The van der Waals surface area contributed by atoms with Crippen LogP contribution in [0, 0.1) is 0 Å². The summed E-state index contributed by atoms with van der Waals surface area (Å²) in [5.41, 5.74) is 0. The van der Waals surface area contributed by atoms with Crippen LogP contribution in [0.5, 0.6) is 0 Å². The van der Waals surface area contributed by atoms with E-state index in [2.05, 4.69) is 106 Å². The summed E-state index contributed by atoms with van der Waals surface area (Å²) in [5.74, 6) is -0.906. The lowest BCUT2D eigenvalue weighted by Crippen LogP contribution is -2.30. The fraction of sp³-hybridized carbons (Fsp3) is 0.717. The summed E-state index contributed by atoms with van der Waals surface area (Å²) in [6, 6.07) is 0. The van der Waals surface area contributed by atoms with Crippen LogP contribution in [0.3, 0.4) is 0 Å². The Morgan fingerprint density at radius 1 is 0.333 bits per heavy atom. The predicted octanol–water partition coefficient (Wildman–Crippen LogP) is 18.4. The van der Waals surface area contributed by atoms with Gasteiger partial charge in [-0.2, -0.15) is 0 Å². The van der Waals surface area contributed by atoms with Crippen molar-refractivity contribution in [3.63, 3.8) is 0 Å². The predicted molar refractivity (Wildman–Crippen MR) is 284 cm³/mol. The normalized spacial score (nSPS) is 12.7. The average Bonchev–Trinajstić information content (AvgIpc) is 3.31. The van der Waals surface area contributed by atoms with Gasteiger partial charge >= 0.3 is 17.9 Å². The third-order valence-electron chi connectivity index (χ3n) is 11.7. The topological polar surface area (TPSA) is 78.9 Å². The van der Waals surface area contributed by atoms with Gasteiger partial charge in [0, 0.05) is 19.3 Å². The van der Waals surface area contributed by atoms with Crippen molar-refractivity contribution in [1.82, 2.24) is 0 Å². The summed E-state index contributed by atoms with van der Waals surface area (Å²) in [7, 11) is 0. The summed E-state index contributed by atoms with van der Waals surface area (Å²) in [5, 5.41) is 0. The number of esters is 3. The average molecular weight is 919 g/mol. The standard InChI is InChI=1S/C60H102O6/c1-4-7-10-13-16-19-22-25-28-29-30-31-33-35-38-41-44-47-50-53-59(62)65-56-57(55-64-58(61)52-49-46-43-40-37-34-27-24-21-18-15-12-9-6-3)66-60(63)54-51-48-45-42-39-36-32-26-23-20-17-14-11-8-5-2/h7-8,10-11,14,16-17,19-20,23,25,28,30-31,57H,4-6,9,12-13,15,18,21-22,24,26-27,29,32-56H2,1-3H3/b10-7-,11-8-,17-14-,19-16-,23-20-,28-25-,31-30-. The van der Waals surface area contributed by atoms with Crippen molar-refractivity contribution in [2.75, 3.05) is 13.2 Å². The molecule has 0 heterocycles. The summed E-state index contributed by atoms with van der Waals surface area (Å²) in [6.45, 7) is 6.39. The van der Waals surface area contributed by atoms with Crippen molar-refractivity contribution in [2.45, 2.75) is 264 Å². The number of unbranched alkanes of at least 4 members (excludes halogenated alkanes) is 26. The first-order valence-electron chi connectivity index (χ1n) is 27.6. The third-order valence-corrected chi connectivity index (χ3v) is 11.7. The Balaban J connectivity index is 4.41. The van der Waals surface area contributed by atoms with Crippen LogP contribution in [0.15, 0.2) is 85.1 Å². The highest BCUT2D eigenvalue weighted by molar-refractivity contribution is 5.71. The third kappa shape index (κ3) is 51.6. The van der Waals surface area contributed by atoms with E-state index >= 15 is 0 Å². The van der Waals surface area contributed by atoms with Gasteiger partial charge in [0.25, 0.3) is 0 Å². The van der Waals surface area contributed by atoms with Crippen LogP contribution >= 0.6 is 0 Å². The van der Waals surface area contributed by atoms with Crippen LogP contribution in [0.2, 0.25) is 0 Å². The summed E-state index contributed by atoms with van der Waals surface area (Å²) < 4.78 is 16.8. The molecule has 378 valence electrons. The Labute approximate surface area is 407 Å². The number of hydrogen-bond acceptors (Lipinski definition) is 6. The molecule has 0 aliphatic rings. The highest BCUT2D eigenvalue weighted by Crippen LogP contribution is 2.15.